The lowest BCUT2D eigenvalue weighted by molar-refractivity contribution is -0.366. The highest BCUT2D eigenvalue weighted by Crippen LogP contribution is 2.40. The lowest BCUT2D eigenvalue weighted by Gasteiger charge is -2.47. The minimum atomic E-state index is -1.87. The van der Waals surface area contributed by atoms with Crippen molar-refractivity contribution in [3.8, 4) is 0 Å². The van der Waals surface area contributed by atoms with E-state index in [2.05, 4.69) is 0 Å². The number of halogens is 1. The number of ether oxygens (including phenoxy) is 2. The highest BCUT2D eigenvalue weighted by molar-refractivity contribution is 7.19. The summed E-state index contributed by atoms with van der Waals surface area (Å²) in [5, 5.41) is 41.5. The normalized spacial score (nSPS) is 29.4. The molecule has 1 aliphatic heterocycles. The standard InChI is InChI=1S/C22H23FO6S/c1-28-22(21(27)20(26)19(25)17(11-24)29-22)14-6-7-16(23)13(8-14)10-15-9-12-4-2-3-5-18(12)30-15/h2-9,17,19-21,24-27H,10-11H2,1H3/t17?,19?,20?,21?,22-/m0/s1. The average molecular weight is 434 g/mol. The van der Waals surface area contributed by atoms with Crippen LogP contribution >= 0.6 is 11.3 Å². The topological polar surface area (TPSA) is 99.4 Å². The molecule has 30 heavy (non-hydrogen) atoms. The van der Waals surface area contributed by atoms with Crippen molar-refractivity contribution in [3.05, 3.63) is 70.4 Å². The van der Waals surface area contributed by atoms with E-state index in [1.807, 2.05) is 30.3 Å². The van der Waals surface area contributed by atoms with E-state index in [9.17, 15) is 24.8 Å². The zero-order valence-electron chi connectivity index (χ0n) is 16.2. The largest absolute Gasteiger partial charge is 0.394 e. The number of hydrogen-bond donors (Lipinski definition) is 4. The molecule has 0 bridgehead atoms. The number of fused-ring (bicyclic) bond motifs is 1. The third kappa shape index (κ3) is 3.54. The second-order valence-electron chi connectivity index (χ2n) is 7.37. The van der Waals surface area contributed by atoms with Crippen molar-refractivity contribution >= 4 is 21.4 Å². The van der Waals surface area contributed by atoms with Gasteiger partial charge in [0.05, 0.1) is 6.61 Å². The van der Waals surface area contributed by atoms with Gasteiger partial charge >= 0.3 is 0 Å². The molecular formula is C22H23FO6S. The number of methoxy groups -OCH3 is 1. The second-order valence-corrected chi connectivity index (χ2v) is 8.54. The molecule has 6 nitrogen and oxygen atoms in total. The number of rotatable bonds is 5. The Morgan fingerprint density at radius 2 is 1.87 bits per heavy atom. The number of benzene rings is 2. The van der Waals surface area contributed by atoms with Gasteiger partial charge in [-0.2, -0.15) is 0 Å². The number of thiophene rings is 1. The first-order valence-electron chi connectivity index (χ1n) is 9.54. The third-order valence-electron chi connectivity index (χ3n) is 5.54. The summed E-state index contributed by atoms with van der Waals surface area (Å²) in [6, 6.07) is 14.1. The van der Waals surface area contributed by atoms with Crippen LogP contribution in [0.4, 0.5) is 4.39 Å². The molecule has 3 aromatic rings. The summed E-state index contributed by atoms with van der Waals surface area (Å²) < 4.78 is 26.9. The summed E-state index contributed by atoms with van der Waals surface area (Å²) in [5.74, 6) is -2.29. The zero-order chi connectivity index (χ0) is 21.5. The van der Waals surface area contributed by atoms with Crippen LogP contribution in [0, 0.1) is 5.82 Å². The predicted octanol–water partition coefficient (Wildman–Crippen LogP) is 1.90. The first-order valence-corrected chi connectivity index (χ1v) is 10.4. The van der Waals surface area contributed by atoms with Crippen LogP contribution in [-0.2, 0) is 21.7 Å². The Balaban J connectivity index is 1.72. The van der Waals surface area contributed by atoms with Crippen LogP contribution < -0.4 is 0 Å². The Morgan fingerprint density at radius 1 is 1.10 bits per heavy atom. The monoisotopic (exact) mass is 434 g/mol. The summed E-state index contributed by atoms with van der Waals surface area (Å²) in [6.07, 6.45) is -5.62. The van der Waals surface area contributed by atoms with Crippen molar-refractivity contribution in [2.45, 2.75) is 36.6 Å². The van der Waals surface area contributed by atoms with Gasteiger partial charge < -0.3 is 29.9 Å². The zero-order valence-corrected chi connectivity index (χ0v) is 17.1. The molecule has 5 atom stereocenters. The molecule has 2 aromatic carbocycles. The van der Waals surface area contributed by atoms with E-state index in [1.54, 1.807) is 11.3 Å². The highest BCUT2D eigenvalue weighted by atomic mass is 32.1. The Labute approximate surface area is 176 Å². The van der Waals surface area contributed by atoms with Crippen molar-refractivity contribution in [2.75, 3.05) is 13.7 Å². The average Bonchev–Trinajstić information content (AvgIpc) is 3.17. The van der Waals surface area contributed by atoms with E-state index in [0.717, 1.165) is 15.0 Å². The first-order chi connectivity index (χ1) is 14.4. The molecule has 1 fully saturated rings. The van der Waals surface area contributed by atoms with Crippen molar-refractivity contribution in [3.63, 3.8) is 0 Å². The van der Waals surface area contributed by atoms with Crippen LogP contribution in [0.25, 0.3) is 10.1 Å². The summed E-state index contributed by atoms with van der Waals surface area (Å²) in [5.41, 5.74) is 0.645. The molecule has 4 rings (SSSR count). The smallest absolute Gasteiger partial charge is 0.224 e. The van der Waals surface area contributed by atoms with E-state index in [1.165, 1.54) is 25.3 Å². The van der Waals surface area contributed by atoms with Crippen molar-refractivity contribution in [1.29, 1.82) is 0 Å². The van der Waals surface area contributed by atoms with Crippen molar-refractivity contribution < 1.29 is 34.3 Å². The van der Waals surface area contributed by atoms with E-state index in [4.69, 9.17) is 9.47 Å². The number of aliphatic hydroxyl groups is 4. The maximum atomic E-state index is 14.6. The highest BCUT2D eigenvalue weighted by Gasteiger charge is 2.55. The molecule has 1 saturated heterocycles. The van der Waals surface area contributed by atoms with E-state index < -0.39 is 42.6 Å². The molecule has 1 aromatic heterocycles. The SMILES string of the molecule is CO[C@@]1(c2ccc(F)c(Cc3cc4ccccc4s3)c2)OC(CO)C(O)C(O)C1O. The molecule has 0 aliphatic carbocycles. The van der Waals surface area contributed by atoms with Crippen LogP contribution in [0.5, 0.6) is 0 Å². The molecule has 4 N–H and O–H groups in total. The van der Waals surface area contributed by atoms with Gasteiger partial charge in [-0.1, -0.05) is 24.3 Å². The van der Waals surface area contributed by atoms with Gasteiger partial charge in [0.2, 0.25) is 5.79 Å². The maximum Gasteiger partial charge on any atom is 0.224 e. The molecular weight excluding hydrogens is 411 g/mol. The fraction of sp³-hybridized carbons (Fsp3) is 0.364. The van der Waals surface area contributed by atoms with Crippen LogP contribution in [0.2, 0.25) is 0 Å². The lowest BCUT2D eigenvalue weighted by Crippen LogP contribution is -2.64. The van der Waals surface area contributed by atoms with Gasteiger partial charge in [-0.25, -0.2) is 4.39 Å². The quantitative estimate of drug-likeness (QED) is 0.490. The number of hydrogen-bond acceptors (Lipinski definition) is 7. The molecule has 0 amide bonds. The maximum absolute atomic E-state index is 14.6. The van der Waals surface area contributed by atoms with Gasteiger partial charge in [0, 0.05) is 28.7 Å². The van der Waals surface area contributed by atoms with Crippen LogP contribution in [0.3, 0.4) is 0 Å². The van der Waals surface area contributed by atoms with Gasteiger partial charge in [0.25, 0.3) is 0 Å². The van der Waals surface area contributed by atoms with Crippen LogP contribution in [0.1, 0.15) is 16.0 Å². The second kappa shape index (κ2) is 8.32. The van der Waals surface area contributed by atoms with Gasteiger partial charge in [-0.05, 0) is 35.2 Å². The number of aliphatic hydroxyl groups excluding tert-OH is 4. The van der Waals surface area contributed by atoms with E-state index in [-0.39, 0.29) is 5.56 Å². The molecule has 0 radical (unpaired) electrons. The molecule has 0 spiro atoms. The predicted molar refractivity (Wildman–Crippen MR) is 110 cm³/mol. The summed E-state index contributed by atoms with van der Waals surface area (Å²) in [4.78, 5) is 0.965. The van der Waals surface area contributed by atoms with Crippen molar-refractivity contribution in [2.24, 2.45) is 0 Å². The Bertz CT molecular complexity index is 1000. The first kappa shape index (κ1) is 21.3. The van der Waals surface area contributed by atoms with E-state index >= 15 is 0 Å². The lowest BCUT2D eigenvalue weighted by atomic mass is 9.87. The molecule has 0 saturated carbocycles. The van der Waals surface area contributed by atoms with Gasteiger partial charge in [0.15, 0.2) is 0 Å². The molecule has 2 heterocycles. The van der Waals surface area contributed by atoms with Gasteiger partial charge in [-0.3, -0.25) is 0 Å². The van der Waals surface area contributed by atoms with Gasteiger partial charge in [-0.15, -0.1) is 11.3 Å². The minimum absolute atomic E-state index is 0.277. The molecule has 160 valence electrons. The molecule has 1 aliphatic rings. The van der Waals surface area contributed by atoms with E-state index in [0.29, 0.717) is 12.0 Å². The van der Waals surface area contributed by atoms with Crippen LogP contribution in [0.15, 0.2) is 48.5 Å². The molecule has 8 heteroatoms. The Hall–Kier alpha value is -1.91. The Morgan fingerprint density at radius 3 is 2.57 bits per heavy atom. The minimum Gasteiger partial charge on any atom is -0.394 e. The summed E-state index contributed by atoms with van der Waals surface area (Å²) in [6.45, 7) is -0.591. The fourth-order valence-electron chi connectivity index (χ4n) is 3.91. The fourth-order valence-corrected chi connectivity index (χ4v) is 4.99. The third-order valence-corrected chi connectivity index (χ3v) is 6.66. The van der Waals surface area contributed by atoms with Gasteiger partial charge in [0.1, 0.15) is 30.2 Å². The Kier molecular flexibility index (Phi) is 5.91. The van der Waals surface area contributed by atoms with Crippen molar-refractivity contribution in [1.82, 2.24) is 0 Å². The summed E-state index contributed by atoms with van der Waals surface area (Å²) in [7, 11) is 1.27. The molecule has 4 unspecified atom stereocenters. The summed E-state index contributed by atoms with van der Waals surface area (Å²) >= 11 is 1.57. The van der Waals surface area contributed by atoms with Crippen LogP contribution in [-0.4, -0.2) is 58.6 Å².